The van der Waals surface area contributed by atoms with Crippen LogP contribution in [0, 0.1) is 0 Å². The van der Waals surface area contributed by atoms with E-state index in [0.29, 0.717) is 6.42 Å². The zero-order valence-corrected chi connectivity index (χ0v) is 24.5. The summed E-state index contributed by atoms with van der Waals surface area (Å²) >= 11 is 12.5. The summed E-state index contributed by atoms with van der Waals surface area (Å²) in [5.41, 5.74) is 1.75. The Kier molecular flexibility index (Phi) is 10.8. The van der Waals surface area contributed by atoms with E-state index in [0.717, 1.165) is 21.7 Å². The van der Waals surface area contributed by atoms with Crippen molar-refractivity contribution in [2.24, 2.45) is 0 Å². The summed E-state index contributed by atoms with van der Waals surface area (Å²) < 4.78 is 26.7. The van der Waals surface area contributed by atoms with Gasteiger partial charge in [0.1, 0.15) is 12.6 Å². The molecular formula is C29H33Cl2N3O4S. The van der Waals surface area contributed by atoms with Crippen molar-refractivity contribution < 1.29 is 18.0 Å². The van der Waals surface area contributed by atoms with Crippen LogP contribution in [0.25, 0.3) is 0 Å². The summed E-state index contributed by atoms with van der Waals surface area (Å²) in [5, 5.41) is 3.40. The van der Waals surface area contributed by atoms with Crippen LogP contribution < -0.4 is 9.62 Å². The second-order valence-corrected chi connectivity index (χ2v) is 12.1. The molecule has 0 fully saturated rings. The summed E-state index contributed by atoms with van der Waals surface area (Å²) in [4.78, 5) is 29.1. The van der Waals surface area contributed by atoms with Crippen LogP contribution in [0.3, 0.4) is 0 Å². The molecule has 0 heterocycles. The number of carbonyl (C=O) groups excluding carboxylic acids is 2. The topological polar surface area (TPSA) is 86.8 Å². The molecule has 0 saturated carbocycles. The van der Waals surface area contributed by atoms with Gasteiger partial charge in [-0.05, 0) is 42.7 Å². The average molecular weight is 591 g/mol. The van der Waals surface area contributed by atoms with Crippen LogP contribution in [0.4, 0.5) is 5.69 Å². The van der Waals surface area contributed by atoms with E-state index < -0.39 is 28.5 Å². The Bertz CT molecular complexity index is 1370. The highest BCUT2D eigenvalue weighted by atomic mass is 35.5. The van der Waals surface area contributed by atoms with Crippen molar-refractivity contribution in [3.8, 4) is 0 Å². The Balaban J connectivity index is 2.06. The van der Waals surface area contributed by atoms with Gasteiger partial charge < -0.3 is 10.2 Å². The van der Waals surface area contributed by atoms with Gasteiger partial charge in [0, 0.05) is 24.0 Å². The summed E-state index contributed by atoms with van der Waals surface area (Å²) in [5.74, 6) is -0.871. The molecule has 0 aliphatic rings. The van der Waals surface area contributed by atoms with E-state index >= 15 is 0 Å². The Hall–Kier alpha value is -3.07. The minimum absolute atomic E-state index is 0.0864. The van der Waals surface area contributed by atoms with Crippen LogP contribution in [0.2, 0.25) is 10.0 Å². The lowest BCUT2D eigenvalue weighted by molar-refractivity contribution is -0.140. The van der Waals surface area contributed by atoms with Crippen molar-refractivity contribution in [2.75, 3.05) is 17.1 Å². The normalized spacial score (nSPS) is 12.8. The van der Waals surface area contributed by atoms with Gasteiger partial charge in [-0.1, -0.05) is 90.8 Å². The van der Waals surface area contributed by atoms with Crippen LogP contribution in [0.15, 0.2) is 78.9 Å². The highest BCUT2D eigenvalue weighted by Crippen LogP contribution is 2.31. The Morgan fingerprint density at radius 3 is 2.08 bits per heavy atom. The number of anilines is 1. The molecule has 0 bridgehead atoms. The molecule has 1 N–H and O–H groups in total. The van der Waals surface area contributed by atoms with Gasteiger partial charge in [-0.25, -0.2) is 8.42 Å². The number of benzene rings is 3. The van der Waals surface area contributed by atoms with Crippen molar-refractivity contribution in [2.45, 2.75) is 45.3 Å². The van der Waals surface area contributed by atoms with E-state index in [9.17, 15) is 18.0 Å². The molecule has 0 aromatic heterocycles. The molecule has 3 aromatic rings. The number of hydrogen-bond donors (Lipinski definition) is 1. The minimum Gasteiger partial charge on any atom is -0.352 e. The van der Waals surface area contributed by atoms with Crippen molar-refractivity contribution in [1.82, 2.24) is 10.2 Å². The molecule has 0 radical (unpaired) electrons. The first-order valence-corrected chi connectivity index (χ1v) is 15.2. The monoisotopic (exact) mass is 589 g/mol. The van der Waals surface area contributed by atoms with E-state index in [1.807, 2.05) is 74.5 Å². The first-order chi connectivity index (χ1) is 18.5. The SMILES string of the molecule is CC[C@@H](C)NC(=O)[C@@H](Cc1ccccc1)N(Cc1ccccc1)C(=O)CN(c1cc(Cl)ccc1Cl)S(C)(=O)=O. The summed E-state index contributed by atoms with van der Waals surface area (Å²) in [6.45, 7) is 3.40. The average Bonchev–Trinajstić information content (AvgIpc) is 2.91. The predicted octanol–water partition coefficient (Wildman–Crippen LogP) is 5.31. The maximum atomic E-state index is 14.0. The quantitative estimate of drug-likeness (QED) is 0.310. The molecule has 2 amide bonds. The summed E-state index contributed by atoms with van der Waals surface area (Å²) in [7, 11) is -3.94. The highest BCUT2D eigenvalue weighted by molar-refractivity contribution is 7.92. The fraction of sp³-hybridized carbons (Fsp3) is 0.310. The zero-order valence-electron chi connectivity index (χ0n) is 22.2. The molecule has 39 heavy (non-hydrogen) atoms. The van der Waals surface area contributed by atoms with E-state index in [1.165, 1.54) is 23.1 Å². The predicted molar refractivity (Wildman–Crippen MR) is 157 cm³/mol. The number of carbonyl (C=O) groups is 2. The summed E-state index contributed by atoms with van der Waals surface area (Å²) in [6.07, 6.45) is 1.96. The molecule has 2 atom stereocenters. The molecule has 208 valence electrons. The zero-order chi connectivity index (χ0) is 28.6. The number of nitrogens with one attached hydrogen (secondary N) is 1. The van der Waals surface area contributed by atoms with Crippen LogP contribution in [-0.4, -0.2) is 50.0 Å². The maximum Gasteiger partial charge on any atom is 0.244 e. The van der Waals surface area contributed by atoms with Gasteiger partial charge in [0.25, 0.3) is 0 Å². The third kappa shape index (κ3) is 8.71. The van der Waals surface area contributed by atoms with Crippen LogP contribution >= 0.6 is 23.2 Å². The molecule has 7 nitrogen and oxygen atoms in total. The molecule has 0 unspecified atom stereocenters. The second-order valence-electron chi connectivity index (χ2n) is 9.40. The lowest BCUT2D eigenvalue weighted by Crippen LogP contribution is -2.54. The van der Waals surface area contributed by atoms with E-state index in [2.05, 4.69) is 5.32 Å². The number of hydrogen-bond acceptors (Lipinski definition) is 4. The van der Waals surface area contributed by atoms with Crippen molar-refractivity contribution in [3.05, 3.63) is 100 Å². The van der Waals surface area contributed by atoms with Crippen molar-refractivity contribution in [3.63, 3.8) is 0 Å². The molecule has 3 aromatic carbocycles. The highest BCUT2D eigenvalue weighted by Gasteiger charge is 2.33. The lowest BCUT2D eigenvalue weighted by Gasteiger charge is -2.34. The van der Waals surface area contributed by atoms with Crippen molar-refractivity contribution in [1.29, 1.82) is 0 Å². The van der Waals surface area contributed by atoms with Gasteiger partial charge in [-0.15, -0.1) is 0 Å². The van der Waals surface area contributed by atoms with E-state index in [1.54, 1.807) is 0 Å². The second kappa shape index (κ2) is 13.8. The fourth-order valence-electron chi connectivity index (χ4n) is 4.05. The first-order valence-electron chi connectivity index (χ1n) is 12.6. The van der Waals surface area contributed by atoms with Crippen molar-refractivity contribution >= 4 is 50.7 Å². The van der Waals surface area contributed by atoms with Gasteiger partial charge >= 0.3 is 0 Å². The number of rotatable bonds is 12. The standard InChI is InChI=1S/C29H33Cl2N3O4S/c1-4-21(2)32-29(36)27(17-22-11-7-5-8-12-22)33(19-23-13-9-6-10-14-23)28(35)20-34(39(3,37)38)26-18-24(30)15-16-25(26)31/h5-16,18,21,27H,4,17,19-20H2,1-3H3,(H,32,36)/t21-,27-/m1/s1. The van der Waals surface area contributed by atoms with E-state index in [4.69, 9.17) is 23.2 Å². The Morgan fingerprint density at radius 2 is 1.51 bits per heavy atom. The molecule has 0 aliphatic heterocycles. The first kappa shape index (κ1) is 30.5. The number of nitrogens with zero attached hydrogens (tertiary/aromatic N) is 2. The third-order valence-corrected chi connectivity index (χ3v) is 8.01. The lowest BCUT2D eigenvalue weighted by atomic mass is 10.0. The van der Waals surface area contributed by atoms with Crippen LogP contribution in [0.5, 0.6) is 0 Å². The molecule has 0 aliphatic carbocycles. The van der Waals surface area contributed by atoms with Gasteiger partial charge in [0.05, 0.1) is 17.0 Å². The van der Waals surface area contributed by atoms with Crippen LogP contribution in [0.1, 0.15) is 31.4 Å². The number of halogens is 2. The summed E-state index contributed by atoms with van der Waals surface area (Å²) in [6, 6.07) is 22.1. The fourth-order valence-corrected chi connectivity index (χ4v) is 5.34. The third-order valence-electron chi connectivity index (χ3n) is 6.32. The van der Waals surface area contributed by atoms with Gasteiger partial charge in [0.2, 0.25) is 21.8 Å². The van der Waals surface area contributed by atoms with Gasteiger partial charge in [-0.2, -0.15) is 0 Å². The molecular weight excluding hydrogens is 557 g/mol. The Morgan fingerprint density at radius 1 is 0.923 bits per heavy atom. The van der Waals surface area contributed by atoms with Crippen LogP contribution in [-0.2, 0) is 32.6 Å². The minimum atomic E-state index is -3.94. The number of sulfonamides is 1. The molecule has 0 saturated heterocycles. The largest absolute Gasteiger partial charge is 0.352 e. The van der Waals surface area contributed by atoms with Gasteiger partial charge in [0.15, 0.2) is 0 Å². The van der Waals surface area contributed by atoms with E-state index in [-0.39, 0.29) is 40.6 Å². The molecule has 10 heteroatoms. The smallest absolute Gasteiger partial charge is 0.244 e. The maximum absolute atomic E-state index is 14.0. The Labute approximate surface area is 240 Å². The van der Waals surface area contributed by atoms with Gasteiger partial charge in [-0.3, -0.25) is 13.9 Å². The number of amides is 2. The molecule has 3 rings (SSSR count). The molecule has 0 spiro atoms.